The predicted octanol–water partition coefficient (Wildman–Crippen LogP) is 1.48. The second kappa shape index (κ2) is 5.03. The second-order valence-electron chi connectivity index (χ2n) is 4.51. The highest BCUT2D eigenvalue weighted by Gasteiger charge is 2.28. The summed E-state index contributed by atoms with van der Waals surface area (Å²) in [5.74, 6) is -0.117. The minimum absolute atomic E-state index is 0.00851. The maximum atomic E-state index is 12.3. The summed E-state index contributed by atoms with van der Waals surface area (Å²) in [6.07, 6.45) is 0. The zero-order valence-corrected chi connectivity index (χ0v) is 11.1. The van der Waals surface area contributed by atoms with Crippen LogP contribution < -0.4 is 5.32 Å². The van der Waals surface area contributed by atoms with Gasteiger partial charge in [0.25, 0.3) is 5.91 Å². The largest absolute Gasteiger partial charge is 0.332 e. The van der Waals surface area contributed by atoms with Crippen molar-refractivity contribution in [3.8, 4) is 0 Å². The van der Waals surface area contributed by atoms with Crippen molar-refractivity contribution in [2.75, 3.05) is 13.1 Å². The van der Waals surface area contributed by atoms with E-state index in [1.165, 1.54) is 12.1 Å². The Morgan fingerprint density at radius 3 is 2.89 bits per heavy atom. The Hall–Kier alpha value is -1.47. The summed E-state index contributed by atoms with van der Waals surface area (Å²) in [4.78, 5) is 24.6. The highest BCUT2D eigenvalue weighted by molar-refractivity contribution is 7.17. The van der Waals surface area contributed by atoms with Crippen LogP contribution in [0.15, 0.2) is 12.1 Å². The third-order valence-electron chi connectivity index (χ3n) is 3.01. The van der Waals surface area contributed by atoms with Crippen LogP contribution in [0.4, 0.5) is 5.00 Å². The van der Waals surface area contributed by atoms with E-state index in [-0.39, 0.29) is 23.0 Å². The van der Waals surface area contributed by atoms with Gasteiger partial charge in [0.1, 0.15) is 0 Å². The summed E-state index contributed by atoms with van der Waals surface area (Å²) in [6.45, 7) is 5.37. The smallest absolute Gasteiger partial charge is 0.324 e. The summed E-state index contributed by atoms with van der Waals surface area (Å²) in [5, 5.41) is 13.9. The molecule has 1 aromatic rings. The Morgan fingerprint density at radius 1 is 1.56 bits per heavy atom. The summed E-state index contributed by atoms with van der Waals surface area (Å²) in [6, 6.07) is 3.27. The lowest BCUT2D eigenvalue weighted by Crippen LogP contribution is -2.56. The number of hydrogen-bond donors (Lipinski definition) is 1. The lowest BCUT2D eigenvalue weighted by atomic mass is 10.1. The lowest BCUT2D eigenvalue weighted by molar-refractivity contribution is -0.380. The maximum Gasteiger partial charge on any atom is 0.324 e. The van der Waals surface area contributed by atoms with Crippen LogP contribution in [0.3, 0.4) is 0 Å². The number of nitrogens with zero attached hydrogens (tertiary/aromatic N) is 2. The van der Waals surface area contributed by atoms with Crippen LogP contribution in [0.5, 0.6) is 0 Å². The van der Waals surface area contributed by atoms with Gasteiger partial charge >= 0.3 is 5.00 Å². The Labute approximate surface area is 109 Å². The number of nitro groups is 1. The number of thiophene rings is 1. The van der Waals surface area contributed by atoms with Crippen molar-refractivity contribution in [3.63, 3.8) is 0 Å². The first-order chi connectivity index (χ1) is 8.49. The predicted molar refractivity (Wildman–Crippen MR) is 68.9 cm³/mol. The van der Waals surface area contributed by atoms with Crippen molar-refractivity contribution in [3.05, 3.63) is 27.1 Å². The molecule has 0 aromatic carbocycles. The number of hydrogen-bond acceptors (Lipinski definition) is 5. The van der Waals surface area contributed by atoms with Gasteiger partial charge in [0, 0.05) is 31.2 Å². The van der Waals surface area contributed by atoms with Gasteiger partial charge in [0.2, 0.25) is 0 Å². The average Bonchev–Trinajstić information content (AvgIpc) is 2.81. The van der Waals surface area contributed by atoms with Gasteiger partial charge in [-0.2, -0.15) is 0 Å². The summed E-state index contributed by atoms with van der Waals surface area (Å²) in [5.41, 5.74) is 0. The van der Waals surface area contributed by atoms with E-state index in [9.17, 15) is 14.9 Å². The first-order valence-electron chi connectivity index (χ1n) is 5.77. The monoisotopic (exact) mass is 269 g/mol. The molecule has 1 aliphatic heterocycles. The number of carbonyl (C=O) groups excluding carboxylic acids is 1. The molecular weight excluding hydrogens is 254 g/mol. The summed E-state index contributed by atoms with van der Waals surface area (Å²) < 4.78 is 0. The maximum absolute atomic E-state index is 12.3. The first-order valence-corrected chi connectivity index (χ1v) is 6.59. The molecule has 6 nitrogen and oxygen atoms in total. The van der Waals surface area contributed by atoms with Crippen molar-refractivity contribution in [1.82, 2.24) is 10.2 Å². The van der Waals surface area contributed by atoms with Crippen LogP contribution >= 0.6 is 11.3 Å². The van der Waals surface area contributed by atoms with Crippen LogP contribution in [-0.4, -0.2) is 40.9 Å². The molecule has 2 rings (SSSR count). The fourth-order valence-electron chi connectivity index (χ4n) is 1.99. The van der Waals surface area contributed by atoms with Crippen molar-refractivity contribution < 1.29 is 9.72 Å². The average molecular weight is 269 g/mol. The number of nitrogens with one attached hydrogen (secondary N) is 1. The molecule has 98 valence electrons. The minimum Gasteiger partial charge on any atom is -0.332 e. The van der Waals surface area contributed by atoms with Crippen molar-refractivity contribution >= 4 is 22.2 Å². The van der Waals surface area contributed by atoms with Gasteiger partial charge in [-0.3, -0.25) is 14.9 Å². The van der Waals surface area contributed by atoms with E-state index in [0.29, 0.717) is 11.4 Å². The van der Waals surface area contributed by atoms with Crippen molar-refractivity contribution in [2.24, 2.45) is 0 Å². The van der Waals surface area contributed by atoms with Gasteiger partial charge < -0.3 is 10.2 Å². The molecule has 2 unspecified atom stereocenters. The van der Waals surface area contributed by atoms with E-state index in [4.69, 9.17) is 0 Å². The number of piperazine rings is 1. The molecule has 0 saturated carbocycles. The molecule has 1 aliphatic rings. The molecule has 2 atom stereocenters. The first kappa shape index (κ1) is 13.0. The van der Waals surface area contributed by atoms with Gasteiger partial charge in [-0.05, 0) is 19.9 Å². The van der Waals surface area contributed by atoms with Crippen molar-refractivity contribution in [2.45, 2.75) is 25.9 Å². The normalized spacial score (nSPS) is 24.0. The van der Waals surface area contributed by atoms with Crippen LogP contribution in [0.1, 0.15) is 23.5 Å². The van der Waals surface area contributed by atoms with Crippen LogP contribution in [0, 0.1) is 10.1 Å². The zero-order valence-electron chi connectivity index (χ0n) is 10.3. The van der Waals surface area contributed by atoms with Gasteiger partial charge in [-0.1, -0.05) is 11.3 Å². The van der Waals surface area contributed by atoms with Crippen molar-refractivity contribution in [1.29, 1.82) is 0 Å². The number of rotatable bonds is 2. The zero-order chi connectivity index (χ0) is 13.3. The van der Waals surface area contributed by atoms with Crippen LogP contribution in [-0.2, 0) is 0 Å². The van der Waals surface area contributed by atoms with Gasteiger partial charge in [-0.25, -0.2) is 0 Å². The Morgan fingerprint density at radius 2 is 2.28 bits per heavy atom. The molecule has 0 radical (unpaired) electrons. The van der Waals surface area contributed by atoms with Gasteiger partial charge in [0.05, 0.1) is 9.80 Å². The summed E-state index contributed by atoms with van der Waals surface area (Å²) in [7, 11) is 0. The van der Waals surface area contributed by atoms with E-state index < -0.39 is 4.92 Å². The molecule has 0 bridgehead atoms. The third kappa shape index (κ3) is 2.51. The van der Waals surface area contributed by atoms with E-state index in [1.807, 2.05) is 13.8 Å². The van der Waals surface area contributed by atoms with Gasteiger partial charge in [-0.15, -0.1) is 0 Å². The molecule has 0 aliphatic carbocycles. The van der Waals surface area contributed by atoms with Gasteiger partial charge in [0.15, 0.2) is 0 Å². The van der Waals surface area contributed by atoms with E-state index in [2.05, 4.69) is 5.32 Å². The second-order valence-corrected chi connectivity index (χ2v) is 5.57. The molecule has 1 fully saturated rings. The Kier molecular flexibility index (Phi) is 3.63. The third-order valence-corrected chi connectivity index (χ3v) is 4.03. The summed E-state index contributed by atoms with van der Waals surface area (Å²) >= 11 is 0.935. The lowest BCUT2D eigenvalue weighted by Gasteiger charge is -2.37. The fraction of sp³-hybridized carbons (Fsp3) is 0.545. The quantitative estimate of drug-likeness (QED) is 0.651. The molecule has 1 amide bonds. The Balaban J connectivity index is 2.16. The van der Waals surface area contributed by atoms with Crippen LogP contribution in [0.2, 0.25) is 0 Å². The van der Waals surface area contributed by atoms with E-state index in [1.54, 1.807) is 4.90 Å². The highest BCUT2D eigenvalue weighted by Crippen LogP contribution is 2.26. The molecule has 1 saturated heterocycles. The number of amides is 1. The molecular formula is C11H15N3O3S. The number of carbonyl (C=O) groups is 1. The molecule has 2 heterocycles. The van der Waals surface area contributed by atoms with E-state index >= 15 is 0 Å². The standard InChI is InChI=1S/C11H15N3O3S/c1-7-6-13(8(2)5-12-7)11(15)9-3-4-10(18-9)14(16)17/h3-4,7-8,12H,5-6H2,1-2H3. The Bertz CT molecular complexity index is 474. The molecule has 7 heteroatoms. The SMILES string of the molecule is CC1CN(C(=O)c2ccc([N+](=O)[O-])s2)C(C)CN1. The van der Waals surface area contributed by atoms with Crippen LogP contribution in [0.25, 0.3) is 0 Å². The molecule has 1 N–H and O–H groups in total. The topological polar surface area (TPSA) is 75.5 Å². The minimum atomic E-state index is -0.467. The molecule has 18 heavy (non-hydrogen) atoms. The van der Waals surface area contributed by atoms with E-state index in [0.717, 1.165) is 17.9 Å². The fourth-order valence-corrected chi connectivity index (χ4v) is 2.76. The molecule has 1 aromatic heterocycles. The highest BCUT2D eigenvalue weighted by atomic mass is 32.1. The molecule has 0 spiro atoms.